The van der Waals surface area contributed by atoms with Gasteiger partial charge in [-0.15, -0.1) is 0 Å². The highest BCUT2D eigenvalue weighted by atomic mass is 32.2. The van der Waals surface area contributed by atoms with Crippen LogP contribution in [0.2, 0.25) is 0 Å². The number of anilines is 1. The van der Waals surface area contributed by atoms with Gasteiger partial charge in [-0.05, 0) is 43.9 Å². The quantitative estimate of drug-likeness (QED) is 0.718. The fraction of sp³-hybridized carbons (Fsp3) is 0.500. The maximum atomic E-state index is 13.2. The molecule has 29 heavy (non-hydrogen) atoms. The van der Waals surface area contributed by atoms with Gasteiger partial charge < -0.3 is 10.2 Å². The van der Waals surface area contributed by atoms with E-state index >= 15 is 0 Å². The first-order valence-electron chi connectivity index (χ1n) is 10.2. The molecule has 0 spiro atoms. The summed E-state index contributed by atoms with van der Waals surface area (Å²) >= 11 is 1.75. The Morgan fingerprint density at radius 3 is 2.38 bits per heavy atom. The summed E-state index contributed by atoms with van der Waals surface area (Å²) in [5, 5.41) is 3.30. The molecule has 0 saturated carbocycles. The van der Waals surface area contributed by atoms with Gasteiger partial charge in [0.2, 0.25) is 11.9 Å². The average molecular weight is 414 g/mol. The predicted molar refractivity (Wildman–Crippen MR) is 120 cm³/mol. The molecule has 3 rings (SSSR count). The number of hydrogen-bond acceptors (Lipinski definition) is 6. The Bertz CT molecular complexity index is 773. The van der Waals surface area contributed by atoms with Crippen molar-refractivity contribution in [3.8, 4) is 0 Å². The summed E-state index contributed by atoms with van der Waals surface area (Å²) in [5.74, 6) is 1.62. The van der Waals surface area contributed by atoms with E-state index in [4.69, 9.17) is 0 Å². The van der Waals surface area contributed by atoms with Gasteiger partial charge in [0.1, 0.15) is 6.04 Å². The molecule has 1 fully saturated rings. The lowest BCUT2D eigenvalue weighted by Crippen LogP contribution is -2.52. The normalized spacial score (nSPS) is 15.9. The van der Waals surface area contributed by atoms with Crippen LogP contribution in [0.5, 0.6) is 0 Å². The van der Waals surface area contributed by atoms with Gasteiger partial charge in [-0.25, -0.2) is 9.97 Å². The molecule has 1 aliphatic heterocycles. The van der Waals surface area contributed by atoms with Crippen LogP contribution in [0.25, 0.3) is 0 Å². The highest BCUT2D eigenvalue weighted by Crippen LogP contribution is 2.14. The number of carbonyl (C=O) groups is 1. The molecule has 1 aromatic carbocycles. The molecule has 0 aliphatic carbocycles. The van der Waals surface area contributed by atoms with Crippen LogP contribution >= 0.6 is 11.8 Å². The molecular formula is C22H31N5OS. The molecule has 1 amide bonds. The van der Waals surface area contributed by atoms with Crippen LogP contribution in [0, 0.1) is 13.8 Å². The molecule has 2 aromatic rings. The standard InChI is InChI=1S/C22H31N5OS/c1-17-15-18(2)24-22(23-17)25-20(9-14-29-3)21(28)27-12-10-26(11-13-27)16-19-7-5-4-6-8-19/h4-8,15,20H,9-14,16H2,1-3H3,(H,23,24,25)/t20-/m1/s1. The molecule has 1 aliphatic rings. The maximum Gasteiger partial charge on any atom is 0.245 e. The van der Waals surface area contributed by atoms with Crippen molar-refractivity contribution in [1.29, 1.82) is 0 Å². The van der Waals surface area contributed by atoms with Gasteiger partial charge in [-0.1, -0.05) is 30.3 Å². The van der Waals surface area contributed by atoms with Gasteiger partial charge in [0.05, 0.1) is 0 Å². The van der Waals surface area contributed by atoms with Crippen LogP contribution in [-0.4, -0.2) is 69.9 Å². The average Bonchev–Trinajstić information content (AvgIpc) is 2.71. The van der Waals surface area contributed by atoms with Gasteiger partial charge in [0, 0.05) is 44.1 Å². The van der Waals surface area contributed by atoms with E-state index in [1.807, 2.05) is 30.9 Å². The Balaban J connectivity index is 1.59. The number of amides is 1. The topological polar surface area (TPSA) is 61.4 Å². The summed E-state index contributed by atoms with van der Waals surface area (Å²) in [6.45, 7) is 8.15. The van der Waals surface area contributed by atoms with E-state index in [9.17, 15) is 4.79 Å². The van der Waals surface area contributed by atoms with E-state index in [-0.39, 0.29) is 11.9 Å². The van der Waals surface area contributed by atoms with E-state index in [2.05, 4.69) is 50.7 Å². The Kier molecular flexibility index (Phi) is 7.89. The zero-order valence-electron chi connectivity index (χ0n) is 17.6. The zero-order valence-corrected chi connectivity index (χ0v) is 18.4. The Morgan fingerprint density at radius 2 is 1.76 bits per heavy atom. The number of aryl methyl sites for hydroxylation is 2. The van der Waals surface area contributed by atoms with Crippen LogP contribution in [0.15, 0.2) is 36.4 Å². The van der Waals surface area contributed by atoms with Gasteiger partial charge in [-0.2, -0.15) is 11.8 Å². The lowest BCUT2D eigenvalue weighted by atomic mass is 10.1. The number of piperazine rings is 1. The van der Waals surface area contributed by atoms with Gasteiger partial charge in [-0.3, -0.25) is 9.69 Å². The van der Waals surface area contributed by atoms with Crippen molar-refractivity contribution in [3.63, 3.8) is 0 Å². The lowest BCUT2D eigenvalue weighted by molar-refractivity contribution is -0.133. The second-order valence-electron chi connectivity index (χ2n) is 7.54. The van der Waals surface area contributed by atoms with Crippen molar-refractivity contribution in [3.05, 3.63) is 53.3 Å². The van der Waals surface area contributed by atoms with E-state index in [0.717, 1.165) is 56.3 Å². The van der Waals surface area contributed by atoms with Crippen LogP contribution in [0.1, 0.15) is 23.4 Å². The molecule has 2 heterocycles. The van der Waals surface area contributed by atoms with Crippen molar-refractivity contribution in [2.45, 2.75) is 32.9 Å². The molecule has 1 saturated heterocycles. The first kappa shape index (κ1) is 21.6. The summed E-state index contributed by atoms with van der Waals surface area (Å²) in [6, 6.07) is 12.2. The van der Waals surface area contributed by atoms with Gasteiger partial charge in [0.15, 0.2) is 0 Å². The second kappa shape index (κ2) is 10.6. The zero-order chi connectivity index (χ0) is 20.6. The third-order valence-corrected chi connectivity index (χ3v) is 5.77. The highest BCUT2D eigenvalue weighted by Gasteiger charge is 2.28. The second-order valence-corrected chi connectivity index (χ2v) is 8.53. The van der Waals surface area contributed by atoms with Crippen molar-refractivity contribution in [1.82, 2.24) is 19.8 Å². The van der Waals surface area contributed by atoms with Crippen LogP contribution in [-0.2, 0) is 11.3 Å². The van der Waals surface area contributed by atoms with E-state index in [1.54, 1.807) is 11.8 Å². The molecule has 1 aromatic heterocycles. The number of benzene rings is 1. The number of aromatic nitrogens is 2. The number of hydrogen-bond donors (Lipinski definition) is 1. The predicted octanol–water partition coefficient (Wildman–Crippen LogP) is 2.97. The first-order valence-corrected chi connectivity index (χ1v) is 11.6. The molecule has 6 nitrogen and oxygen atoms in total. The summed E-state index contributed by atoms with van der Waals surface area (Å²) in [6.07, 6.45) is 2.83. The third-order valence-electron chi connectivity index (χ3n) is 5.13. The molecule has 7 heteroatoms. The van der Waals surface area contributed by atoms with Gasteiger partial charge in [0.25, 0.3) is 0 Å². The summed E-state index contributed by atoms with van der Waals surface area (Å²) < 4.78 is 0. The fourth-order valence-corrected chi connectivity index (χ4v) is 4.10. The molecule has 0 radical (unpaired) electrons. The molecule has 156 valence electrons. The van der Waals surface area contributed by atoms with E-state index in [0.29, 0.717) is 5.95 Å². The number of carbonyl (C=O) groups excluding carboxylic acids is 1. The van der Waals surface area contributed by atoms with Crippen molar-refractivity contribution >= 4 is 23.6 Å². The third kappa shape index (κ3) is 6.44. The Morgan fingerprint density at radius 1 is 1.10 bits per heavy atom. The molecule has 1 N–H and O–H groups in total. The Hall–Kier alpha value is -2.12. The highest BCUT2D eigenvalue weighted by molar-refractivity contribution is 7.98. The molecule has 1 atom stereocenters. The SMILES string of the molecule is CSCC[C@@H](Nc1nc(C)cc(C)n1)C(=O)N1CCN(Cc2ccccc2)CC1. The van der Waals surface area contributed by atoms with Crippen LogP contribution in [0.3, 0.4) is 0 Å². The minimum atomic E-state index is -0.288. The van der Waals surface area contributed by atoms with Crippen molar-refractivity contribution in [2.24, 2.45) is 0 Å². The monoisotopic (exact) mass is 413 g/mol. The van der Waals surface area contributed by atoms with Crippen molar-refractivity contribution in [2.75, 3.05) is 43.5 Å². The van der Waals surface area contributed by atoms with Crippen molar-refractivity contribution < 1.29 is 4.79 Å². The number of rotatable bonds is 8. The van der Waals surface area contributed by atoms with Crippen LogP contribution in [0.4, 0.5) is 5.95 Å². The minimum absolute atomic E-state index is 0.154. The largest absolute Gasteiger partial charge is 0.342 e. The molecular weight excluding hydrogens is 382 g/mol. The minimum Gasteiger partial charge on any atom is -0.342 e. The summed E-state index contributed by atoms with van der Waals surface area (Å²) in [7, 11) is 0. The fourth-order valence-electron chi connectivity index (χ4n) is 3.63. The van der Waals surface area contributed by atoms with E-state index in [1.165, 1.54) is 5.56 Å². The molecule has 0 unspecified atom stereocenters. The first-order chi connectivity index (χ1) is 14.0. The summed E-state index contributed by atoms with van der Waals surface area (Å²) in [5.41, 5.74) is 3.13. The number of nitrogens with one attached hydrogen (secondary N) is 1. The Labute approximate surface area is 178 Å². The number of nitrogens with zero attached hydrogens (tertiary/aromatic N) is 4. The smallest absolute Gasteiger partial charge is 0.245 e. The number of thioether (sulfide) groups is 1. The van der Waals surface area contributed by atoms with E-state index < -0.39 is 0 Å². The summed E-state index contributed by atoms with van der Waals surface area (Å²) in [4.78, 5) is 26.5. The maximum absolute atomic E-state index is 13.2. The molecule has 0 bridgehead atoms. The lowest BCUT2D eigenvalue weighted by Gasteiger charge is -2.36. The van der Waals surface area contributed by atoms with Crippen LogP contribution < -0.4 is 5.32 Å². The van der Waals surface area contributed by atoms with Gasteiger partial charge >= 0.3 is 0 Å².